The molecule has 1 unspecified atom stereocenters. The normalized spacial score (nSPS) is 13.6. The first-order valence-electron chi connectivity index (χ1n) is 5.74. The molecule has 0 aliphatic carbocycles. The fraction of sp³-hybridized carbons (Fsp3) is 1.00. The van der Waals surface area contributed by atoms with E-state index in [0.29, 0.717) is 6.04 Å². The van der Waals surface area contributed by atoms with Crippen LogP contribution in [0.2, 0.25) is 0 Å². The van der Waals surface area contributed by atoms with Gasteiger partial charge >= 0.3 is 0 Å². The van der Waals surface area contributed by atoms with Crippen LogP contribution in [0.3, 0.4) is 0 Å². The highest BCUT2D eigenvalue weighted by molar-refractivity contribution is 4.71. The highest BCUT2D eigenvalue weighted by atomic mass is 15.2. The third-order valence-electron chi connectivity index (χ3n) is 2.43. The largest absolute Gasteiger partial charge is 0.329 e. The molecular weight excluding hydrogens is 160 g/mol. The van der Waals surface area contributed by atoms with Crippen molar-refractivity contribution in [2.24, 2.45) is 5.73 Å². The first-order chi connectivity index (χ1) is 6.29. The van der Waals surface area contributed by atoms with Crippen molar-refractivity contribution in [3.63, 3.8) is 0 Å². The van der Waals surface area contributed by atoms with Crippen LogP contribution >= 0.6 is 0 Å². The molecule has 0 heterocycles. The van der Waals surface area contributed by atoms with E-state index in [2.05, 4.69) is 25.7 Å². The maximum absolute atomic E-state index is 5.78. The number of nitrogens with two attached hydrogens (primary N) is 1. The van der Waals surface area contributed by atoms with Crippen molar-refractivity contribution in [1.29, 1.82) is 0 Å². The quantitative estimate of drug-likeness (QED) is 0.630. The summed E-state index contributed by atoms with van der Waals surface area (Å²) in [6, 6.07) is 0.616. The molecule has 2 N–H and O–H groups in total. The third kappa shape index (κ3) is 5.27. The molecule has 0 rings (SSSR count). The summed E-state index contributed by atoms with van der Waals surface area (Å²) >= 11 is 0. The standard InChI is InChI=1S/C11H26N2/c1-4-7-11(10-12)13(8-5-2)9-6-3/h11H,4-10,12H2,1-3H3. The lowest BCUT2D eigenvalue weighted by Gasteiger charge is -2.30. The zero-order valence-corrected chi connectivity index (χ0v) is 9.55. The molecule has 0 aromatic rings. The first kappa shape index (κ1) is 12.9. The minimum absolute atomic E-state index is 0.616. The number of hydrogen-bond donors (Lipinski definition) is 1. The van der Waals surface area contributed by atoms with Crippen molar-refractivity contribution in [2.45, 2.75) is 52.5 Å². The molecule has 13 heavy (non-hydrogen) atoms. The van der Waals surface area contributed by atoms with E-state index in [1.165, 1.54) is 38.8 Å². The Kier molecular flexibility index (Phi) is 8.46. The average molecular weight is 186 g/mol. The van der Waals surface area contributed by atoms with Gasteiger partial charge in [0.25, 0.3) is 0 Å². The Morgan fingerprint density at radius 2 is 1.54 bits per heavy atom. The van der Waals surface area contributed by atoms with Crippen LogP contribution in [0.1, 0.15) is 46.5 Å². The molecule has 1 atom stereocenters. The van der Waals surface area contributed by atoms with Gasteiger partial charge in [0.05, 0.1) is 0 Å². The Morgan fingerprint density at radius 1 is 1.00 bits per heavy atom. The van der Waals surface area contributed by atoms with Gasteiger partial charge in [-0.2, -0.15) is 0 Å². The summed E-state index contributed by atoms with van der Waals surface area (Å²) in [4.78, 5) is 2.55. The van der Waals surface area contributed by atoms with Crippen molar-refractivity contribution >= 4 is 0 Å². The van der Waals surface area contributed by atoms with Gasteiger partial charge in [0, 0.05) is 12.6 Å². The second-order valence-corrected chi connectivity index (χ2v) is 3.71. The molecule has 2 heteroatoms. The first-order valence-corrected chi connectivity index (χ1v) is 5.74. The number of rotatable bonds is 8. The van der Waals surface area contributed by atoms with E-state index in [4.69, 9.17) is 5.73 Å². The summed E-state index contributed by atoms with van der Waals surface area (Å²) in [6.45, 7) is 9.93. The molecule has 0 aliphatic rings. The van der Waals surface area contributed by atoms with Gasteiger partial charge in [-0.15, -0.1) is 0 Å². The Hall–Kier alpha value is -0.0800. The van der Waals surface area contributed by atoms with Crippen molar-refractivity contribution in [1.82, 2.24) is 4.90 Å². The molecule has 0 fully saturated rings. The van der Waals surface area contributed by atoms with Crippen LogP contribution in [0.15, 0.2) is 0 Å². The van der Waals surface area contributed by atoms with E-state index >= 15 is 0 Å². The van der Waals surface area contributed by atoms with Crippen molar-refractivity contribution in [3.8, 4) is 0 Å². The molecule has 0 radical (unpaired) electrons. The van der Waals surface area contributed by atoms with Crippen molar-refractivity contribution < 1.29 is 0 Å². The Balaban J connectivity index is 3.94. The van der Waals surface area contributed by atoms with E-state index in [1.54, 1.807) is 0 Å². The molecule has 80 valence electrons. The van der Waals surface area contributed by atoms with Crippen molar-refractivity contribution in [2.75, 3.05) is 19.6 Å². The average Bonchev–Trinajstić information content (AvgIpc) is 2.14. The van der Waals surface area contributed by atoms with Gasteiger partial charge in [-0.1, -0.05) is 27.2 Å². The molecule has 0 bridgehead atoms. The monoisotopic (exact) mass is 186 g/mol. The molecule has 0 aromatic carbocycles. The summed E-state index contributed by atoms with van der Waals surface area (Å²) in [5, 5.41) is 0. The molecule has 0 saturated heterocycles. The minimum atomic E-state index is 0.616. The van der Waals surface area contributed by atoms with Gasteiger partial charge in [-0.3, -0.25) is 4.90 Å². The summed E-state index contributed by atoms with van der Waals surface area (Å²) in [6.07, 6.45) is 4.96. The number of nitrogens with zero attached hydrogens (tertiary/aromatic N) is 1. The molecule has 0 aliphatic heterocycles. The molecular formula is C11H26N2. The minimum Gasteiger partial charge on any atom is -0.329 e. The molecule has 0 spiro atoms. The van der Waals surface area contributed by atoms with E-state index in [1.807, 2.05) is 0 Å². The van der Waals surface area contributed by atoms with Crippen LogP contribution in [0.25, 0.3) is 0 Å². The van der Waals surface area contributed by atoms with Gasteiger partial charge in [0.2, 0.25) is 0 Å². The Labute approximate surface area is 83.5 Å². The lowest BCUT2D eigenvalue weighted by molar-refractivity contribution is 0.190. The van der Waals surface area contributed by atoms with E-state index in [9.17, 15) is 0 Å². The van der Waals surface area contributed by atoms with Gasteiger partial charge in [-0.05, 0) is 32.4 Å². The third-order valence-corrected chi connectivity index (χ3v) is 2.43. The molecule has 2 nitrogen and oxygen atoms in total. The van der Waals surface area contributed by atoms with Crippen LogP contribution in [-0.2, 0) is 0 Å². The van der Waals surface area contributed by atoms with Crippen molar-refractivity contribution in [3.05, 3.63) is 0 Å². The number of hydrogen-bond acceptors (Lipinski definition) is 2. The maximum atomic E-state index is 5.78. The fourth-order valence-corrected chi connectivity index (χ4v) is 1.83. The van der Waals surface area contributed by atoms with Gasteiger partial charge in [0.15, 0.2) is 0 Å². The fourth-order valence-electron chi connectivity index (χ4n) is 1.83. The maximum Gasteiger partial charge on any atom is 0.0218 e. The zero-order chi connectivity index (χ0) is 10.1. The summed E-state index contributed by atoms with van der Waals surface area (Å²) in [7, 11) is 0. The Morgan fingerprint density at radius 3 is 1.85 bits per heavy atom. The topological polar surface area (TPSA) is 29.3 Å². The molecule has 0 saturated carbocycles. The smallest absolute Gasteiger partial charge is 0.0218 e. The second-order valence-electron chi connectivity index (χ2n) is 3.71. The summed E-state index contributed by atoms with van der Waals surface area (Å²) in [5.74, 6) is 0. The SMILES string of the molecule is CCCC(CN)N(CCC)CCC. The van der Waals surface area contributed by atoms with Crippen LogP contribution < -0.4 is 5.73 Å². The Bertz CT molecular complexity index is 98.3. The molecule has 0 aromatic heterocycles. The van der Waals surface area contributed by atoms with Crippen LogP contribution in [0.5, 0.6) is 0 Å². The second kappa shape index (κ2) is 8.52. The highest BCUT2D eigenvalue weighted by Gasteiger charge is 2.13. The predicted octanol–water partition coefficient (Wildman–Crippen LogP) is 2.24. The van der Waals surface area contributed by atoms with Gasteiger partial charge < -0.3 is 5.73 Å². The molecule has 0 amide bonds. The predicted molar refractivity (Wildman–Crippen MR) is 59.9 cm³/mol. The summed E-state index contributed by atoms with van der Waals surface area (Å²) < 4.78 is 0. The van der Waals surface area contributed by atoms with Crippen LogP contribution in [0, 0.1) is 0 Å². The van der Waals surface area contributed by atoms with E-state index in [0.717, 1.165) is 6.54 Å². The van der Waals surface area contributed by atoms with E-state index in [-0.39, 0.29) is 0 Å². The summed E-state index contributed by atoms with van der Waals surface area (Å²) in [5.41, 5.74) is 5.78. The van der Waals surface area contributed by atoms with Crippen LogP contribution in [0.4, 0.5) is 0 Å². The van der Waals surface area contributed by atoms with Crippen LogP contribution in [-0.4, -0.2) is 30.6 Å². The highest BCUT2D eigenvalue weighted by Crippen LogP contribution is 2.07. The lowest BCUT2D eigenvalue weighted by Crippen LogP contribution is -2.41. The lowest BCUT2D eigenvalue weighted by atomic mass is 10.1. The van der Waals surface area contributed by atoms with Gasteiger partial charge in [-0.25, -0.2) is 0 Å². The van der Waals surface area contributed by atoms with E-state index < -0.39 is 0 Å². The zero-order valence-electron chi connectivity index (χ0n) is 9.55. The van der Waals surface area contributed by atoms with Gasteiger partial charge in [0.1, 0.15) is 0 Å².